The highest BCUT2D eigenvalue weighted by Crippen LogP contribution is 2.36. The number of thiophene rings is 1. The van der Waals surface area contributed by atoms with Crippen molar-refractivity contribution >= 4 is 62.2 Å². The van der Waals surface area contributed by atoms with Crippen LogP contribution >= 0.6 is 34.5 Å². The Hall–Kier alpha value is -2.15. The molecule has 0 saturated carbocycles. The van der Waals surface area contributed by atoms with Gasteiger partial charge in [0.15, 0.2) is 6.10 Å². The summed E-state index contributed by atoms with van der Waals surface area (Å²) in [6.07, 6.45) is -1.06. The molecule has 1 atom stereocenters. The van der Waals surface area contributed by atoms with Gasteiger partial charge in [-0.05, 0) is 43.3 Å². The number of carbonyl (C=O) groups is 2. The summed E-state index contributed by atoms with van der Waals surface area (Å²) in [7, 11) is 0. The second-order valence-electron chi connectivity index (χ2n) is 5.43. The molecular weight excluding hydrogens is 400 g/mol. The van der Waals surface area contributed by atoms with Crippen LogP contribution in [0.4, 0.5) is 10.1 Å². The van der Waals surface area contributed by atoms with E-state index in [9.17, 15) is 14.0 Å². The van der Waals surface area contributed by atoms with Crippen molar-refractivity contribution in [3.8, 4) is 0 Å². The average molecular weight is 412 g/mol. The van der Waals surface area contributed by atoms with Crippen molar-refractivity contribution in [2.24, 2.45) is 0 Å². The fourth-order valence-corrected chi connectivity index (χ4v) is 3.85. The molecule has 0 saturated heterocycles. The van der Waals surface area contributed by atoms with Gasteiger partial charge in [0.2, 0.25) is 0 Å². The molecule has 3 aromatic rings. The van der Waals surface area contributed by atoms with Crippen LogP contribution in [0.25, 0.3) is 10.1 Å². The third-order valence-electron chi connectivity index (χ3n) is 3.52. The molecule has 0 aliphatic rings. The molecule has 2 aromatic carbocycles. The second-order valence-corrected chi connectivity index (χ2v) is 7.30. The number of nitrogens with one attached hydrogen (secondary N) is 1. The predicted octanol–water partition coefficient (Wildman–Crippen LogP) is 5.53. The molecular formula is C18H12Cl2FNO3S. The zero-order chi connectivity index (χ0) is 18.8. The molecule has 3 rings (SSSR count). The summed E-state index contributed by atoms with van der Waals surface area (Å²) in [5.41, 5.74) is 0.487. The molecule has 4 nitrogen and oxygen atoms in total. The van der Waals surface area contributed by atoms with Crippen LogP contribution in [0.2, 0.25) is 10.0 Å². The van der Waals surface area contributed by atoms with Crippen molar-refractivity contribution in [1.29, 1.82) is 0 Å². The van der Waals surface area contributed by atoms with Gasteiger partial charge in [-0.1, -0.05) is 29.3 Å². The number of rotatable bonds is 4. The van der Waals surface area contributed by atoms with Gasteiger partial charge in [-0.3, -0.25) is 4.79 Å². The van der Waals surface area contributed by atoms with E-state index < -0.39 is 23.8 Å². The Morgan fingerprint density at radius 1 is 1.19 bits per heavy atom. The number of amides is 1. The average Bonchev–Trinajstić information content (AvgIpc) is 2.91. The van der Waals surface area contributed by atoms with E-state index in [0.717, 1.165) is 11.3 Å². The summed E-state index contributed by atoms with van der Waals surface area (Å²) in [6, 6.07) is 10.6. The van der Waals surface area contributed by atoms with E-state index in [1.54, 1.807) is 24.3 Å². The second kappa shape index (κ2) is 7.61. The van der Waals surface area contributed by atoms with Crippen LogP contribution in [0.15, 0.2) is 42.5 Å². The third kappa shape index (κ3) is 3.98. The van der Waals surface area contributed by atoms with Crippen molar-refractivity contribution in [3.05, 3.63) is 63.2 Å². The van der Waals surface area contributed by atoms with Crippen molar-refractivity contribution < 1.29 is 18.7 Å². The summed E-state index contributed by atoms with van der Waals surface area (Å²) in [6.45, 7) is 1.44. The van der Waals surface area contributed by atoms with Crippen LogP contribution in [-0.4, -0.2) is 18.0 Å². The van der Waals surface area contributed by atoms with Gasteiger partial charge < -0.3 is 10.1 Å². The lowest BCUT2D eigenvalue weighted by Gasteiger charge is -2.13. The topological polar surface area (TPSA) is 55.4 Å². The molecule has 0 aliphatic carbocycles. The smallest absolute Gasteiger partial charge is 0.350 e. The fourth-order valence-electron chi connectivity index (χ4n) is 2.25. The minimum absolute atomic E-state index is 0.120. The summed E-state index contributed by atoms with van der Waals surface area (Å²) in [4.78, 5) is 24.7. The number of fused-ring (bicyclic) bond motifs is 1. The summed E-state index contributed by atoms with van der Waals surface area (Å²) >= 11 is 13.1. The number of halogens is 3. The first-order valence-electron chi connectivity index (χ1n) is 7.50. The van der Waals surface area contributed by atoms with Gasteiger partial charge in [0.1, 0.15) is 10.7 Å². The van der Waals surface area contributed by atoms with Gasteiger partial charge in [-0.15, -0.1) is 11.3 Å². The van der Waals surface area contributed by atoms with Gasteiger partial charge in [0.05, 0.1) is 5.02 Å². The minimum Gasteiger partial charge on any atom is -0.448 e. The Morgan fingerprint density at radius 3 is 2.69 bits per heavy atom. The lowest BCUT2D eigenvalue weighted by Crippen LogP contribution is -2.29. The normalized spacial score (nSPS) is 12.0. The van der Waals surface area contributed by atoms with Crippen molar-refractivity contribution in [3.63, 3.8) is 0 Å². The van der Waals surface area contributed by atoms with Crippen LogP contribution < -0.4 is 5.32 Å². The Morgan fingerprint density at radius 2 is 1.96 bits per heavy atom. The van der Waals surface area contributed by atoms with Crippen molar-refractivity contribution in [2.75, 3.05) is 5.32 Å². The van der Waals surface area contributed by atoms with Crippen LogP contribution in [0.5, 0.6) is 0 Å². The van der Waals surface area contributed by atoms with E-state index in [2.05, 4.69) is 5.32 Å². The fraction of sp³-hybridized carbons (Fsp3) is 0.111. The lowest BCUT2D eigenvalue weighted by molar-refractivity contribution is -0.123. The van der Waals surface area contributed by atoms with E-state index in [1.165, 1.54) is 25.1 Å². The molecule has 1 unspecified atom stereocenters. The van der Waals surface area contributed by atoms with Gasteiger partial charge in [-0.2, -0.15) is 0 Å². The maximum atomic E-state index is 13.3. The number of ether oxygens (including phenoxy) is 1. The Bertz CT molecular complexity index is 1010. The Balaban J connectivity index is 1.73. The monoisotopic (exact) mass is 411 g/mol. The van der Waals surface area contributed by atoms with E-state index in [0.29, 0.717) is 20.8 Å². The van der Waals surface area contributed by atoms with Gasteiger partial charge in [-0.25, -0.2) is 9.18 Å². The van der Waals surface area contributed by atoms with Crippen LogP contribution in [-0.2, 0) is 9.53 Å². The molecule has 1 heterocycles. The number of anilines is 1. The standard InChI is InChI=1S/C18H12Cl2FNO3S/c1-9(17(23)22-12-4-2-3-10(19)7-12)25-18(24)16-15(20)13-6-5-11(21)8-14(13)26-16/h2-9H,1H3,(H,22,23). The molecule has 1 N–H and O–H groups in total. The van der Waals surface area contributed by atoms with Crippen LogP contribution in [0, 0.1) is 5.82 Å². The molecule has 0 radical (unpaired) electrons. The molecule has 0 spiro atoms. The number of carbonyl (C=O) groups excluding carboxylic acids is 2. The highest BCUT2D eigenvalue weighted by Gasteiger charge is 2.24. The maximum Gasteiger partial charge on any atom is 0.350 e. The molecule has 1 amide bonds. The molecule has 0 aliphatic heterocycles. The maximum absolute atomic E-state index is 13.3. The molecule has 1 aromatic heterocycles. The first-order chi connectivity index (χ1) is 12.3. The van der Waals surface area contributed by atoms with E-state index in [-0.39, 0.29) is 9.90 Å². The number of benzene rings is 2. The summed E-state index contributed by atoms with van der Waals surface area (Å²) in [5.74, 6) is -1.68. The van der Waals surface area contributed by atoms with Gasteiger partial charge in [0, 0.05) is 20.8 Å². The minimum atomic E-state index is -1.06. The molecule has 0 bridgehead atoms. The molecule has 134 valence electrons. The Kier molecular flexibility index (Phi) is 5.46. The van der Waals surface area contributed by atoms with Crippen LogP contribution in [0.1, 0.15) is 16.6 Å². The van der Waals surface area contributed by atoms with E-state index in [4.69, 9.17) is 27.9 Å². The first-order valence-corrected chi connectivity index (χ1v) is 9.07. The summed E-state index contributed by atoms with van der Waals surface area (Å²) in [5, 5.41) is 3.81. The zero-order valence-electron chi connectivity index (χ0n) is 13.4. The SMILES string of the molecule is CC(OC(=O)c1sc2cc(F)ccc2c1Cl)C(=O)Nc1cccc(Cl)c1. The van der Waals surface area contributed by atoms with Crippen molar-refractivity contribution in [2.45, 2.75) is 13.0 Å². The highest BCUT2D eigenvalue weighted by molar-refractivity contribution is 7.21. The number of hydrogen-bond donors (Lipinski definition) is 1. The number of esters is 1. The molecule has 8 heteroatoms. The van der Waals surface area contributed by atoms with Crippen LogP contribution in [0.3, 0.4) is 0 Å². The van der Waals surface area contributed by atoms with Gasteiger partial charge in [0.25, 0.3) is 5.91 Å². The first kappa shape index (κ1) is 18.6. The van der Waals surface area contributed by atoms with Crippen molar-refractivity contribution in [1.82, 2.24) is 0 Å². The largest absolute Gasteiger partial charge is 0.448 e. The van der Waals surface area contributed by atoms with E-state index >= 15 is 0 Å². The zero-order valence-corrected chi connectivity index (χ0v) is 15.7. The Labute approximate surface area is 162 Å². The number of hydrogen-bond acceptors (Lipinski definition) is 4. The van der Waals surface area contributed by atoms with E-state index in [1.807, 2.05) is 0 Å². The molecule has 26 heavy (non-hydrogen) atoms. The lowest BCUT2D eigenvalue weighted by atomic mass is 10.2. The quantitative estimate of drug-likeness (QED) is 0.574. The third-order valence-corrected chi connectivity index (χ3v) is 5.39. The highest BCUT2D eigenvalue weighted by atomic mass is 35.5. The summed E-state index contributed by atoms with van der Waals surface area (Å²) < 4.78 is 19.0. The predicted molar refractivity (Wildman–Crippen MR) is 102 cm³/mol. The van der Waals surface area contributed by atoms with Gasteiger partial charge >= 0.3 is 5.97 Å². The molecule has 0 fully saturated rings.